The first-order chi connectivity index (χ1) is 13.9. The number of hydrogen-bond acceptors (Lipinski definition) is 6. The summed E-state index contributed by atoms with van der Waals surface area (Å²) in [5.41, 5.74) is 3.73. The van der Waals surface area contributed by atoms with Crippen molar-refractivity contribution in [3.63, 3.8) is 0 Å². The molecule has 1 heterocycles. The largest absolute Gasteiger partial charge is 0.490 e. The quantitative estimate of drug-likeness (QED) is 0.480. The van der Waals surface area contributed by atoms with E-state index in [0.29, 0.717) is 27.3 Å². The molecule has 1 saturated heterocycles. The van der Waals surface area contributed by atoms with E-state index in [2.05, 4.69) is 0 Å². The van der Waals surface area contributed by atoms with Gasteiger partial charge in [-0.3, -0.25) is 9.69 Å². The lowest BCUT2D eigenvalue weighted by Crippen LogP contribution is -2.28. The van der Waals surface area contributed by atoms with Gasteiger partial charge in [-0.05, 0) is 56.2 Å². The summed E-state index contributed by atoms with van der Waals surface area (Å²) >= 11 is 6.75. The van der Waals surface area contributed by atoms with Gasteiger partial charge < -0.3 is 9.47 Å². The summed E-state index contributed by atoms with van der Waals surface area (Å²) in [7, 11) is 0. The molecule has 1 aliphatic heterocycles. The molecule has 2 aromatic rings. The minimum Gasteiger partial charge on any atom is -0.490 e. The van der Waals surface area contributed by atoms with E-state index in [1.165, 1.54) is 11.8 Å². The second kappa shape index (κ2) is 9.12. The van der Waals surface area contributed by atoms with Crippen molar-refractivity contribution in [2.24, 2.45) is 0 Å². The molecule has 1 amide bonds. The Kier molecular flexibility index (Phi) is 6.57. The number of aryl methyl sites for hydroxylation is 2. The maximum atomic E-state index is 13.0. The fourth-order valence-corrected chi connectivity index (χ4v) is 4.28. The lowest BCUT2D eigenvalue weighted by Gasteiger charge is -2.17. The molecule has 3 rings (SSSR count). The van der Waals surface area contributed by atoms with Gasteiger partial charge in [-0.25, -0.2) is 0 Å². The number of nitrogens with zero attached hydrogens (tertiary/aromatic N) is 2. The fraction of sp³-hybridized carbons (Fsp3) is 0.227. The van der Waals surface area contributed by atoms with Crippen LogP contribution in [0.15, 0.2) is 41.3 Å². The summed E-state index contributed by atoms with van der Waals surface area (Å²) in [6, 6.07) is 13.2. The summed E-state index contributed by atoms with van der Waals surface area (Å²) in [6.07, 6.45) is 1.79. The number of nitriles is 1. The van der Waals surface area contributed by atoms with Gasteiger partial charge in [0.2, 0.25) is 0 Å². The molecule has 0 unspecified atom stereocenters. The van der Waals surface area contributed by atoms with Crippen LogP contribution >= 0.6 is 24.0 Å². The molecule has 0 bridgehead atoms. The van der Waals surface area contributed by atoms with Gasteiger partial charge in [-0.2, -0.15) is 5.26 Å². The minimum absolute atomic E-state index is 0.0615. The van der Waals surface area contributed by atoms with E-state index in [0.717, 1.165) is 22.4 Å². The zero-order valence-electron chi connectivity index (χ0n) is 16.4. The number of ether oxygens (including phenoxy) is 2. The van der Waals surface area contributed by atoms with Crippen LogP contribution in [0.4, 0.5) is 5.69 Å². The van der Waals surface area contributed by atoms with Crippen molar-refractivity contribution in [3.8, 4) is 17.6 Å². The highest BCUT2D eigenvalue weighted by molar-refractivity contribution is 8.27. The Balaban J connectivity index is 1.91. The SMILES string of the molecule is CCOc1cc(/C=C2/SC(=S)N(c3ccc(C)cc3C)C2=O)ccc1OCC#N. The predicted octanol–water partition coefficient (Wildman–Crippen LogP) is 5.01. The number of hydrogen-bond donors (Lipinski definition) is 0. The molecular weight excluding hydrogens is 404 g/mol. The Morgan fingerprint density at radius 2 is 1.97 bits per heavy atom. The second-order valence-electron chi connectivity index (χ2n) is 6.39. The van der Waals surface area contributed by atoms with Crippen molar-refractivity contribution >= 4 is 46.0 Å². The molecule has 1 fully saturated rings. The van der Waals surface area contributed by atoms with E-state index < -0.39 is 0 Å². The summed E-state index contributed by atoms with van der Waals surface area (Å²) in [5, 5.41) is 8.72. The molecule has 5 nitrogen and oxygen atoms in total. The van der Waals surface area contributed by atoms with E-state index in [9.17, 15) is 4.79 Å². The zero-order chi connectivity index (χ0) is 21.0. The Hall–Kier alpha value is -2.82. The van der Waals surface area contributed by atoms with Crippen molar-refractivity contribution in [2.45, 2.75) is 20.8 Å². The van der Waals surface area contributed by atoms with Crippen molar-refractivity contribution in [3.05, 3.63) is 58.0 Å². The normalized spacial score (nSPS) is 15.0. The third kappa shape index (κ3) is 4.61. The van der Waals surface area contributed by atoms with Gasteiger partial charge in [0, 0.05) is 0 Å². The lowest BCUT2D eigenvalue weighted by molar-refractivity contribution is -0.113. The smallest absolute Gasteiger partial charge is 0.270 e. The van der Waals surface area contributed by atoms with Crippen LogP contribution < -0.4 is 14.4 Å². The summed E-state index contributed by atoms with van der Waals surface area (Å²) < 4.78 is 11.5. The molecule has 1 aliphatic rings. The summed E-state index contributed by atoms with van der Waals surface area (Å²) in [5.74, 6) is 0.879. The highest BCUT2D eigenvalue weighted by Gasteiger charge is 2.34. The van der Waals surface area contributed by atoms with Gasteiger partial charge in [0.1, 0.15) is 6.07 Å². The average Bonchev–Trinajstić information content (AvgIpc) is 2.95. The zero-order valence-corrected chi connectivity index (χ0v) is 18.0. The Labute approximate surface area is 179 Å². The van der Waals surface area contributed by atoms with Crippen LogP contribution in [0.3, 0.4) is 0 Å². The number of thiocarbonyl (C=S) groups is 1. The summed E-state index contributed by atoms with van der Waals surface area (Å²) in [4.78, 5) is 15.2. The number of rotatable bonds is 6. The van der Waals surface area contributed by atoms with Crippen LogP contribution in [0.5, 0.6) is 11.5 Å². The topological polar surface area (TPSA) is 62.6 Å². The maximum Gasteiger partial charge on any atom is 0.270 e. The van der Waals surface area contributed by atoms with Crippen molar-refractivity contribution in [1.82, 2.24) is 0 Å². The standard InChI is InChI=1S/C22H20N2O3S2/c1-4-26-19-12-16(6-8-18(19)27-10-9-23)13-20-21(25)24(22(28)29-20)17-7-5-14(2)11-15(17)3/h5-8,11-13H,4,10H2,1-3H3/b20-13+. The highest BCUT2D eigenvalue weighted by atomic mass is 32.2. The van der Waals surface area contributed by atoms with Crippen LogP contribution in [-0.4, -0.2) is 23.4 Å². The fourth-order valence-electron chi connectivity index (χ4n) is 3.00. The Morgan fingerprint density at radius 1 is 1.17 bits per heavy atom. The molecule has 0 N–H and O–H groups in total. The van der Waals surface area contributed by atoms with Gasteiger partial charge >= 0.3 is 0 Å². The van der Waals surface area contributed by atoms with Crippen molar-refractivity contribution in [2.75, 3.05) is 18.1 Å². The number of carbonyl (C=O) groups excluding carboxylic acids is 1. The number of carbonyl (C=O) groups is 1. The molecule has 0 aliphatic carbocycles. The van der Waals surface area contributed by atoms with Crippen molar-refractivity contribution in [1.29, 1.82) is 5.26 Å². The number of thioether (sulfide) groups is 1. The first kappa shape index (κ1) is 20.9. The van der Waals surface area contributed by atoms with Gasteiger partial charge in [0.15, 0.2) is 22.4 Å². The molecule has 29 heavy (non-hydrogen) atoms. The molecule has 148 valence electrons. The monoisotopic (exact) mass is 424 g/mol. The van der Waals surface area contributed by atoms with Crippen LogP contribution in [-0.2, 0) is 4.79 Å². The Bertz CT molecular complexity index is 1040. The minimum atomic E-state index is -0.144. The molecule has 0 atom stereocenters. The first-order valence-corrected chi connectivity index (χ1v) is 10.3. The van der Waals surface area contributed by atoms with Crippen LogP contribution in [0.1, 0.15) is 23.6 Å². The molecular formula is C22H20N2O3S2. The molecule has 0 saturated carbocycles. The van der Waals surface area contributed by atoms with Gasteiger partial charge in [0.25, 0.3) is 5.91 Å². The first-order valence-electron chi connectivity index (χ1n) is 9.06. The average molecular weight is 425 g/mol. The van der Waals surface area contributed by atoms with Crippen LogP contribution in [0, 0.1) is 25.2 Å². The van der Waals surface area contributed by atoms with Gasteiger partial charge in [-0.1, -0.05) is 47.7 Å². The third-order valence-corrected chi connectivity index (χ3v) is 5.55. The molecule has 7 heteroatoms. The predicted molar refractivity (Wildman–Crippen MR) is 120 cm³/mol. The molecule has 0 radical (unpaired) electrons. The van der Waals surface area contributed by atoms with Gasteiger partial charge in [-0.15, -0.1) is 0 Å². The summed E-state index contributed by atoms with van der Waals surface area (Å²) in [6.45, 7) is 6.25. The van der Waals surface area contributed by atoms with E-state index in [1.54, 1.807) is 23.1 Å². The van der Waals surface area contributed by atoms with E-state index in [1.807, 2.05) is 51.1 Å². The Morgan fingerprint density at radius 3 is 2.66 bits per heavy atom. The van der Waals surface area contributed by atoms with Crippen LogP contribution in [0.25, 0.3) is 6.08 Å². The molecule has 0 aromatic heterocycles. The van der Waals surface area contributed by atoms with E-state index in [4.69, 9.17) is 27.0 Å². The highest BCUT2D eigenvalue weighted by Crippen LogP contribution is 2.38. The van der Waals surface area contributed by atoms with Crippen LogP contribution in [0.2, 0.25) is 0 Å². The number of amides is 1. The maximum absolute atomic E-state index is 13.0. The number of anilines is 1. The van der Waals surface area contributed by atoms with Gasteiger partial charge in [0.05, 0.1) is 17.2 Å². The lowest BCUT2D eigenvalue weighted by atomic mass is 10.1. The third-order valence-electron chi connectivity index (χ3n) is 4.24. The van der Waals surface area contributed by atoms with E-state index >= 15 is 0 Å². The molecule has 2 aromatic carbocycles. The second-order valence-corrected chi connectivity index (χ2v) is 8.07. The molecule has 0 spiro atoms. The van der Waals surface area contributed by atoms with Crippen molar-refractivity contribution < 1.29 is 14.3 Å². The van der Waals surface area contributed by atoms with E-state index in [-0.39, 0.29) is 12.5 Å². The number of benzene rings is 2.